The van der Waals surface area contributed by atoms with Crippen LogP contribution in [0.1, 0.15) is 28.6 Å². The molecule has 0 aliphatic rings. The lowest BCUT2D eigenvalue weighted by Gasteiger charge is -2.06. The Hall–Kier alpha value is -1.79. The van der Waals surface area contributed by atoms with Crippen molar-refractivity contribution >= 4 is 45.5 Å². The Labute approximate surface area is 132 Å². The van der Waals surface area contributed by atoms with Crippen LogP contribution >= 0.6 is 22.9 Å². The van der Waals surface area contributed by atoms with Crippen molar-refractivity contribution in [1.29, 1.82) is 0 Å². The van der Waals surface area contributed by atoms with Crippen LogP contribution in [0.3, 0.4) is 0 Å². The van der Waals surface area contributed by atoms with Crippen molar-refractivity contribution in [3.05, 3.63) is 33.7 Å². The number of aryl methyl sites for hydroxylation is 1. The number of hydrogen-bond donors (Lipinski definition) is 3. The molecule has 4 N–H and O–H groups in total. The van der Waals surface area contributed by atoms with Crippen LogP contribution in [0.25, 0.3) is 0 Å². The van der Waals surface area contributed by atoms with Gasteiger partial charge in [-0.2, -0.15) is 0 Å². The summed E-state index contributed by atoms with van der Waals surface area (Å²) in [6.07, 6.45) is 0.972. The molecule has 2 aromatic rings. The highest BCUT2D eigenvalue weighted by Crippen LogP contribution is 2.28. The minimum Gasteiger partial charge on any atom is -0.382 e. The number of amides is 1. The molecule has 0 bridgehead atoms. The summed E-state index contributed by atoms with van der Waals surface area (Å²) in [6.45, 7) is 4.78. The average Bonchev–Trinajstić information content (AvgIpc) is 2.81. The molecule has 0 atom stereocenters. The van der Waals surface area contributed by atoms with Crippen LogP contribution < -0.4 is 16.4 Å². The van der Waals surface area contributed by atoms with Gasteiger partial charge in [0, 0.05) is 6.54 Å². The molecular weight excluding hydrogens is 308 g/mol. The standard InChI is InChI=1S/C14H17ClN4OS/c1-3-6-17-14-19-12(16)11(21-14)13(20)18-10-5-4-8(2)7-9(10)15/h4-5,7H,3,6,16H2,1-2H3,(H,17,19)(H,18,20). The maximum Gasteiger partial charge on any atom is 0.269 e. The van der Waals surface area contributed by atoms with E-state index >= 15 is 0 Å². The van der Waals surface area contributed by atoms with E-state index in [2.05, 4.69) is 22.5 Å². The smallest absolute Gasteiger partial charge is 0.269 e. The summed E-state index contributed by atoms with van der Waals surface area (Å²) in [7, 11) is 0. The number of nitrogens with two attached hydrogens (primary N) is 1. The van der Waals surface area contributed by atoms with Gasteiger partial charge >= 0.3 is 0 Å². The highest BCUT2D eigenvalue weighted by atomic mass is 35.5. The molecule has 0 fully saturated rings. The van der Waals surface area contributed by atoms with Gasteiger partial charge in [-0.05, 0) is 31.0 Å². The molecule has 1 aromatic carbocycles. The predicted molar refractivity (Wildman–Crippen MR) is 89.4 cm³/mol. The van der Waals surface area contributed by atoms with Gasteiger partial charge in [0.15, 0.2) is 5.13 Å². The lowest BCUT2D eigenvalue weighted by Crippen LogP contribution is -2.12. The Morgan fingerprint density at radius 3 is 2.90 bits per heavy atom. The molecule has 0 spiro atoms. The Bertz CT molecular complexity index is 656. The third kappa shape index (κ3) is 3.86. The maximum absolute atomic E-state index is 12.3. The van der Waals surface area contributed by atoms with Crippen LogP contribution in [0.15, 0.2) is 18.2 Å². The number of nitrogens with one attached hydrogen (secondary N) is 2. The summed E-state index contributed by atoms with van der Waals surface area (Å²) in [5.41, 5.74) is 7.38. The number of rotatable bonds is 5. The number of benzene rings is 1. The normalized spacial score (nSPS) is 10.4. The molecule has 5 nitrogen and oxygen atoms in total. The van der Waals surface area contributed by atoms with Crippen LogP contribution in [0.4, 0.5) is 16.6 Å². The molecule has 0 aliphatic carbocycles. The van der Waals surface area contributed by atoms with Gasteiger partial charge in [0.1, 0.15) is 10.7 Å². The molecule has 0 radical (unpaired) electrons. The fourth-order valence-corrected chi connectivity index (χ4v) is 2.79. The summed E-state index contributed by atoms with van der Waals surface area (Å²) < 4.78 is 0. The largest absolute Gasteiger partial charge is 0.382 e. The van der Waals surface area contributed by atoms with Crippen LogP contribution in [0, 0.1) is 6.92 Å². The molecule has 7 heteroatoms. The van der Waals surface area contributed by atoms with E-state index in [4.69, 9.17) is 17.3 Å². The van der Waals surface area contributed by atoms with Crippen LogP contribution in [-0.2, 0) is 0 Å². The highest BCUT2D eigenvalue weighted by molar-refractivity contribution is 7.18. The zero-order valence-electron chi connectivity index (χ0n) is 11.9. The SMILES string of the molecule is CCCNc1nc(N)c(C(=O)Nc2ccc(C)cc2Cl)s1. The molecule has 0 unspecified atom stereocenters. The van der Waals surface area contributed by atoms with Gasteiger partial charge in [-0.1, -0.05) is 35.9 Å². The Balaban J connectivity index is 2.14. The van der Waals surface area contributed by atoms with Gasteiger partial charge < -0.3 is 16.4 Å². The minimum absolute atomic E-state index is 0.222. The van der Waals surface area contributed by atoms with Gasteiger partial charge in [-0.15, -0.1) is 0 Å². The van der Waals surface area contributed by atoms with Crippen LogP contribution in [0.2, 0.25) is 5.02 Å². The molecule has 21 heavy (non-hydrogen) atoms. The van der Waals surface area contributed by atoms with Crippen molar-refractivity contribution in [2.75, 3.05) is 22.9 Å². The highest BCUT2D eigenvalue weighted by Gasteiger charge is 2.17. The van der Waals surface area contributed by atoms with Gasteiger partial charge in [0.25, 0.3) is 5.91 Å². The number of carbonyl (C=O) groups excluding carboxylic acids is 1. The monoisotopic (exact) mass is 324 g/mol. The maximum atomic E-state index is 12.3. The van der Waals surface area contributed by atoms with E-state index in [1.807, 2.05) is 13.0 Å². The minimum atomic E-state index is -0.305. The molecule has 112 valence electrons. The quantitative estimate of drug-likeness (QED) is 0.782. The number of hydrogen-bond acceptors (Lipinski definition) is 5. The van der Waals surface area contributed by atoms with Gasteiger partial charge in [0.05, 0.1) is 10.7 Å². The Morgan fingerprint density at radius 1 is 1.48 bits per heavy atom. The zero-order valence-corrected chi connectivity index (χ0v) is 13.4. The fourth-order valence-electron chi connectivity index (χ4n) is 1.70. The first kappa shape index (κ1) is 15.6. The molecule has 0 saturated carbocycles. The number of nitrogens with zero attached hydrogens (tertiary/aromatic N) is 1. The van der Waals surface area contributed by atoms with E-state index in [-0.39, 0.29) is 11.7 Å². The molecular formula is C14H17ClN4OS. The summed E-state index contributed by atoms with van der Waals surface area (Å²) >= 11 is 7.34. The van der Waals surface area contributed by atoms with E-state index in [0.717, 1.165) is 18.5 Å². The van der Waals surface area contributed by atoms with Crippen LogP contribution in [0.5, 0.6) is 0 Å². The molecule has 1 amide bonds. The first-order chi connectivity index (χ1) is 10.0. The van der Waals surface area contributed by atoms with Gasteiger partial charge in [-0.25, -0.2) is 4.98 Å². The van der Waals surface area contributed by atoms with E-state index in [1.165, 1.54) is 11.3 Å². The van der Waals surface area contributed by atoms with E-state index < -0.39 is 0 Å². The van der Waals surface area contributed by atoms with E-state index in [1.54, 1.807) is 12.1 Å². The number of thiazole rings is 1. The first-order valence-corrected chi connectivity index (χ1v) is 7.78. The number of halogens is 1. The van der Waals surface area contributed by atoms with E-state index in [9.17, 15) is 4.79 Å². The summed E-state index contributed by atoms with van der Waals surface area (Å²) in [5.74, 6) is -0.0837. The lowest BCUT2D eigenvalue weighted by molar-refractivity contribution is 0.103. The van der Waals surface area contributed by atoms with Gasteiger partial charge in [-0.3, -0.25) is 4.79 Å². The molecule has 1 heterocycles. The first-order valence-electron chi connectivity index (χ1n) is 6.59. The van der Waals surface area contributed by atoms with Gasteiger partial charge in [0.2, 0.25) is 0 Å². The third-order valence-corrected chi connectivity index (χ3v) is 4.10. The fraction of sp³-hybridized carbons (Fsp3) is 0.286. The average molecular weight is 325 g/mol. The Morgan fingerprint density at radius 2 is 2.24 bits per heavy atom. The third-order valence-electron chi connectivity index (χ3n) is 2.76. The van der Waals surface area contributed by atoms with Crippen LogP contribution in [-0.4, -0.2) is 17.4 Å². The van der Waals surface area contributed by atoms with E-state index in [0.29, 0.717) is 20.7 Å². The Kier molecular flexibility index (Phi) is 5.03. The summed E-state index contributed by atoms with van der Waals surface area (Å²) in [5, 5.41) is 7.01. The molecule has 2 rings (SSSR count). The van der Waals surface area contributed by atoms with Crippen molar-refractivity contribution < 1.29 is 4.79 Å². The lowest BCUT2D eigenvalue weighted by atomic mass is 10.2. The predicted octanol–water partition coefficient (Wildman–Crippen LogP) is 3.76. The number of anilines is 3. The summed E-state index contributed by atoms with van der Waals surface area (Å²) in [4.78, 5) is 16.8. The van der Waals surface area contributed by atoms with Crippen molar-refractivity contribution in [2.45, 2.75) is 20.3 Å². The van der Waals surface area contributed by atoms with Crippen molar-refractivity contribution in [3.63, 3.8) is 0 Å². The molecule has 1 aromatic heterocycles. The molecule has 0 aliphatic heterocycles. The number of aromatic nitrogens is 1. The second-order valence-corrected chi connectivity index (χ2v) is 6.00. The van der Waals surface area contributed by atoms with Crippen molar-refractivity contribution in [3.8, 4) is 0 Å². The number of carbonyl (C=O) groups is 1. The second-order valence-electron chi connectivity index (χ2n) is 4.60. The summed E-state index contributed by atoms with van der Waals surface area (Å²) in [6, 6.07) is 5.44. The number of nitrogen functional groups attached to an aromatic ring is 1. The van der Waals surface area contributed by atoms with Crippen molar-refractivity contribution in [1.82, 2.24) is 4.98 Å². The second kappa shape index (κ2) is 6.78. The zero-order chi connectivity index (χ0) is 15.4. The molecule has 0 saturated heterocycles. The topological polar surface area (TPSA) is 80.0 Å². The van der Waals surface area contributed by atoms with Crippen molar-refractivity contribution in [2.24, 2.45) is 0 Å².